The van der Waals surface area contributed by atoms with Crippen LogP contribution in [0.4, 0.5) is 0 Å². The Hall–Kier alpha value is 3.56. The van der Waals surface area contributed by atoms with Crippen molar-refractivity contribution < 1.29 is 336 Å². The van der Waals surface area contributed by atoms with E-state index in [1.165, 1.54) is 0 Å². The first-order valence-electron chi connectivity index (χ1n) is 18.0. The molecular weight excluding hydrogens is 1910 g/mol. The molecule has 0 aromatic carbocycles. The van der Waals surface area contributed by atoms with Crippen molar-refractivity contribution in [3.05, 3.63) is 0 Å². The van der Waals surface area contributed by atoms with Gasteiger partial charge in [0, 0.05) is 0 Å². The molecule has 0 aromatic rings. The van der Waals surface area contributed by atoms with Gasteiger partial charge in [0.25, 0.3) is 0 Å². The average Bonchev–Trinajstić information content (AvgIpc) is 0.825. The van der Waals surface area contributed by atoms with Crippen molar-refractivity contribution in [3.8, 4) is 0 Å². The summed E-state index contributed by atoms with van der Waals surface area (Å²) in [6.45, 7) is 0. The summed E-state index contributed by atoms with van der Waals surface area (Å²) >= 11 is 0. The third-order valence-corrected chi connectivity index (χ3v) is 42.8. The van der Waals surface area contributed by atoms with Crippen molar-refractivity contribution in [2.45, 2.75) is 0 Å². The van der Waals surface area contributed by atoms with Crippen LogP contribution >= 0.6 is 188 Å². The highest BCUT2D eigenvalue weighted by atomic mass is 31.4. The van der Waals surface area contributed by atoms with Crippen molar-refractivity contribution in [3.63, 3.8) is 0 Å². The van der Waals surface area contributed by atoms with E-state index in [0.717, 1.165) is 0 Å². The molecule has 0 aliphatic carbocycles. The van der Waals surface area contributed by atoms with E-state index < -0.39 is 188 Å². The molecule has 0 aliphatic heterocycles. The van der Waals surface area contributed by atoms with Crippen molar-refractivity contribution in [1.29, 1.82) is 0 Å². The van der Waals surface area contributed by atoms with Crippen LogP contribution < -0.4 is 0 Å². The fourth-order valence-corrected chi connectivity index (χ4v) is 35.9. The molecular formula is H26O73P24. The molecule has 0 spiro atoms. The van der Waals surface area contributed by atoms with Crippen LogP contribution in [0.25, 0.3) is 0 Å². The van der Waals surface area contributed by atoms with Crippen molar-refractivity contribution >= 4 is 188 Å². The van der Waals surface area contributed by atoms with Crippen LogP contribution in [0.2, 0.25) is 0 Å². The SMILES string of the molecule is O=P(O)(O)OP(=O)(O)OP(=O)(O)OP(=O)(O)OP(=O)(O)OP(=O)(O)OP(=O)(O)OP(=O)(O)OP(=O)(O)OP(=O)(O)OP(=O)(O)OP(=O)(O)OP(=O)(O)OP(=O)(O)OP(=O)(O)OP(=O)(O)OP(=O)(O)OP(=O)(O)OP(=O)(O)OP(=O)(O)OP(=O)(O)OP(=O)(O)OP(=O)(O)OP(=O)(O)O. The van der Waals surface area contributed by atoms with Gasteiger partial charge in [0.05, 0.1) is 0 Å². The summed E-state index contributed by atoms with van der Waals surface area (Å²) in [4.78, 5) is 240. The highest BCUT2D eigenvalue weighted by molar-refractivity contribution is 7.78. The Balaban J connectivity index is 5.96. The standard InChI is InChI=1S/H26O73P24/c1-74(2,3)51-76(7,8)53-78(11,12)55-80(15,16)57-82(19,20)59-84(23,24)61-86(27,28)63-88(31,32)65-90(35,36)67-92(39,40)69-94(43,44)71-96(47,48)73-97(49,50)72-95(45,46)70-93(41,42)68-91(37,38)66-89(33,34)64-87(29,30)62-85(25,26)60-83(21,22)58-81(17,18)56-79(13,14)54-77(9,10)52-75(4,5)6/h(H,7,8)(H,9,10)(H,11,12)(H,13,14)(H,15,16)(H,17,18)(H,19,20)(H,21,22)(H,23,24)(H,25,26)(H,27,28)(H,29,30)(H,31,32)(H,33,34)(H,35,36)(H,37,38)(H,39,40)(H,41,42)(H,43,44)(H,45,46)(H,47,48)(H,49,50)(H2,1,2,3)(H2,4,5,6). The van der Waals surface area contributed by atoms with Gasteiger partial charge in [-0.3, -0.25) is 0 Å². The Morgan fingerprint density at radius 2 is 0.134 bits per heavy atom. The van der Waals surface area contributed by atoms with Crippen molar-refractivity contribution in [1.82, 2.24) is 0 Å². The van der Waals surface area contributed by atoms with Gasteiger partial charge in [0.1, 0.15) is 0 Å². The van der Waals surface area contributed by atoms with Crippen molar-refractivity contribution in [2.75, 3.05) is 0 Å². The smallest absolute Gasteiger partial charge is 0.302 e. The van der Waals surface area contributed by atoms with Gasteiger partial charge in [-0.2, -0.15) is 99.1 Å². The predicted octanol–water partition coefficient (Wildman–Crippen LogP) is 1.76. The number of hydrogen-bond donors (Lipinski definition) is 26. The number of hydrogen-bond acceptors (Lipinski definition) is 47. The Bertz CT molecular complexity index is 3890. The average molecular weight is 1940 g/mol. The van der Waals surface area contributed by atoms with Crippen molar-refractivity contribution in [2.24, 2.45) is 0 Å². The zero-order valence-corrected chi connectivity index (χ0v) is 63.0. The summed E-state index contributed by atoms with van der Waals surface area (Å²) in [5.74, 6) is 0. The van der Waals surface area contributed by atoms with Crippen LogP contribution in [-0.4, -0.2) is 127 Å². The molecule has 73 nitrogen and oxygen atoms in total. The fourth-order valence-electron chi connectivity index (χ4n) is 3.34. The maximum Gasteiger partial charge on any atom is 0.490 e. The molecule has 0 saturated heterocycles. The molecule has 0 bridgehead atoms. The lowest BCUT2D eigenvalue weighted by Crippen LogP contribution is -2.01. The second-order valence-electron chi connectivity index (χ2n) is 13.2. The van der Waals surface area contributed by atoms with Gasteiger partial charge in [-0.05, 0) is 0 Å². The Kier molecular flexibility index (Phi) is 34.5. The Morgan fingerprint density at radius 3 is 0.175 bits per heavy atom. The molecule has 97 heteroatoms. The van der Waals surface area contributed by atoms with E-state index in [2.05, 4.69) is 99.1 Å². The van der Waals surface area contributed by atoms with E-state index >= 15 is 0 Å². The topological polar surface area (TPSA) is 1150 Å². The molecule has 0 aromatic heterocycles. The quantitative estimate of drug-likeness (QED) is 0.0386. The normalized spacial score (nSPS) is 26.9. The lowest BCUT2D eigenvalue weighted by Gasteiger charge is -2.22. The maximum absolute atomic E-state index is 12.1. The molecule has 22 atom stereocenters. The van der Waals surface area contributed by atoms with Crippen LogP contribution in [0, 0.1) is 0 Å². The summed E-state index contributed by atoms with van der Waals surface area (Å²) in [6, 6.07) is 0. The van der Waals surface area contributed by atoms with E-state index in [4.69, 9.17) is 29.4 Å². The van der Waals surface area contributed by atoms with E-state index in [1.54, 1.807) is 0 Å². The molecule has 0 saturated carbocycles. The molecule has 0 rings (SSSR count). The van der Waals surface area contributed by atoms with Gasteiger partial charge in [-0.1, -0.05) is 0 Å². The first-order chi connectivity index (χ1) is 41.3. The third kappa shape index (κ3) is 47.3. The zero-order valence-electron chi connectivity index (χ0n) is 41.5. The minimum atomic E-state index is -7.40. The lowest BCUT2D eigenvalue weighted by atomic mass is 15.6. The highest BCUT2D eigenvalue weighted by Crippen LogP contribution is 2.83. The molecule has 0 aliphatic rings. The third-order valence-electron chi connectivity index (χ3n) is 4.75. The minimum absolute atomic E-state index is 2.97. The number of rotatable bonds is 46. The molecule has 584 valence electrons. The van der Waals surface area contributed by atoms with Gasteiger partial charge >= 0.3 is 188 Å². The predicted molar refractivity (Wildman–Crippen MR) is 265 cm³/mol. The van der Waals surface area contributed by atoms with Crippen LogP contribution in [0.5, 0.6) is 0 Å². The Labute approximate surface area is 522 Å². The van der Waals surface area contributed by atoms with Gasteiger partial charge in [-0.15, -0.1) is 0 Å². The molecule has 0 fully saturated rings. The minimum Gasteiger partial charge on any atom is -0.302 e. The van der Waals surface area contributed by atoms with E-state index in [1.807, 2.05) is 0 Å². The monoisotopic (exact) mass is 1940 g/mol. The van der Waals surface area contributed by atoms with E-state index in [0.29, 0.717) is 0 Å². The van der Waals surface area contributed by atoms with Crippen LogP contribution in [0.15, 0.2) is 0 Å². The summed E-state index contributed by atoms with van der Waals surface area (Å²) < 4.78 is 354. The second-order valence-corrected chi connectivity index (χ2v) is 50.8. The highest BCUT2D eigenvalue weighted by Gasteiger charge is 2.58. The number of phosphoric acid groups is 24. The Morgan fingerprint density at radius 1 is 0.0928 bits per heavy atom. The second kappa shape index (κ2) is 33.2. The van der Waals surface area contributed by atoms with Crippen LogP contribution in [0.3, 0.4) is 0 Å². The lowest BCUT2D eigenvalue weighted by molar-refractivity contribution is 0.165. The van der Waals surface area contributed by atoms with E-state index in [9.17, 15) is 207 Å². The fraction of sp³-hybridized carbons (Fsp3) is 0. The molecule has 22 unspecified atom stereocenters. The van der Waals surface area contributed by atoms with Gasteiger partial charge in [0.2, 0.25) is 0 Å². The summed E-state index contributed by atoms with van der Waals surface area (Å²) in [5.41, 5.74) is 0. The first-order valence-corrected chi connectivity index (χ1v) is 53.9. The van der Waals surface area contributed by atoms with Crippen LogP contribution in [-0.2, 0) is 209 Å². The summed E-state index contributed by atoms with van der Waals surface area (Å²) in [6.07, 6.45) is 0. The first kappa shape index (κ1) is 101. The van der Waals surface area contributed by atoms with Gasteiger partial charge in [-0.25, -0.2) is 110 Å². The molecule has 0 heterocycles. The molecule has 97 heavy (non-hydrogen) atoms. The van der Waals surface area contributed by atoms with E-state index in [-0.39, 0.29) is 0 Å². The summed E-state index contributed by atoms with van der Waals surface area (Å²) in [5, 5.41) is 0. The molecule has 0 amide bonds. The van der Waals surface area contributed by atoms with Crippen LogP contribution in [0.1, 0.15) is 0 Å². The maximum atomic E-state index is 12.1. The summed E-state index contributed by atoms with van der Waals surface area (Å²) in [7, 11) is -170. The zero-order chi connectivity index (χ0) is 78.3. The largest absolute Gasteiger partial charge is 0.490 e. The molecule has 0 radical (unpaired) electrons. The molecule has 26 N–H and O–H groups in total. The van der Waals surface area contributed by atoms with Gasteiger partial charge < -0.3 is 127 Å². The van der Waals surface area contributed by atoms with Gasteiger partial charge in [0.15, 0.2) is 0 Å².